The van der Waals surface area contributed by atoms with Crippen LogP contribution in [-0.2, 0) is 4.74 Å². The number of halogens is 1. The van der Waals surface area contributed by atoms with E-state index in [1.54, 1.807) is 6.21 Å². The lowest BCUT2D eigenvalue weighted by molar-refractivity contribution is 0.122. The predicted molar refractivity (Wildman–Crippen MR) is 88.8 cm³/mol. The maximum absolute atomic E-state index is 14.0. The van der Waals surface area contributed by atoms with Crippen molar-refractivity contribution in [1.29, 1.82) is 0 Å². The topological polar surface area (TPSA) is 81.1 Å². The molecule has 0 atom stereocenters. The van der Waals surface area contributed by atoms with Crippen molar-refractivity contribution in [2.24, 2.45) is 5.10 Å². The van der Waals surface area contributed by atoms with E-state index >= 15 is 0 Å². The molecule has 130 valence electrons. The molecule has 1 aromatic heterocycles. The molecule has 1 fully saturated rings. The Labute approximate surface area is 143 Å². The van der Waals surface area contributed by atoms with Crippen LogP contribution in [0.5, 0.6) is 11.5 Å². The smallest absolute Gasteiger partial charge is 0.245 e. The molecule has 0 saturated carbocycles. The molecule has 1 aromatic carbocycles. The zero-order valence-electron chi connectivity index (χ0n) is 13.3. The summed E-state index contributed by atoms with van der Waals surface area (Å²) in [6, 6.07) is 5.48. The van der Waals surface area contributed by atoms with Crippen molar-refractivity contribution in [3.63, 3.8) is 0 Å². The quantitative estimate of drug-likeness (QED) is 0.666. The van der Waals surface area contributed by atoms with E-state index in [0.29, 0.717) is 37.8 Å². The SMILES string of the molecule is Fc1cnc(N/N=C\c2ccc3c(c2)OCO3)nc1N1CCOCC1. The molecule has 0 bridgehead atoms. The zero-order chi connectivity index (χ0) is 17.1. The van der Waals surface area contributed by atoms with E-state index in [2.05, 4.69) is 20.5 Å². The van der Waals surface area contributed by atoms with Gasteiger partial charge >= 0.3 is 0 Å². The van der Waals surface area contributed by atoms with Crippen LogP contribution in [0.15, 0.2) is 29.5 Å². The van der Waals surface area contributed by atoms with Gasteiger partial charge in [0.25, 0.3) is 0 Å². The largest absolute Gasteiger partial charge is 0.454 e. The minimum Gasteiger partial charge on any atom is -0.454 e. The molecule has 4 rings (SSSR count). The number of ether oxygens (including phenoxy) is 3. The fourth-order valence-corrected chi connectivity index (χ4v) is 2.57. The lowest BCUT2D eigenvalue weighted by atomic mass is 10.2. The highest BCUT2D eigenvalue weighted by Crippen LogP contribution is 2.32. The first-order chi connectivity index (χ1) is 12.3. The van der Waals surface area contributed by atoms with E-state index in [-0.39, 0.29) is 18.6 Å². The molecule has 3 heterocycles. The van der Waals surface area contributed by atoms with Gasteiger partial charge in [-0.2, -0.15) is 10.1 Å². The molecule has 2 aromatic rings. The summed E-state index contributed by atoms with van der Waals surface area (Å²) in [6.07, 6.45) is 2.74. The van der Waals surface area contributed by atoms with Crippen molar-refractivity contribution in [3.05, 3.63) is 35.8 Å². The number of benzene rings is 1. The molecule has 9 heteroatoms. The van der Waals surface area contributed by atoms with Crippen molar-refractivity contribution < 1.29 is 18.6 Å². The van der Waals surface area contributed by atoms with Crippen LogP contribution >= 0.6 is 0 Å². The van der Waals surface area contributed by atoms with Gasteiger partial charge in [-0.1, -0.05) is 0 Å². The Hall–Kier alpha value is -2.94. The normalized spacial score (nSPS) is 16.4. The molecular weight excluding hydrogens is 329 g/mol. The Morgan fingerprint density at radius 3 is 2.92 bits per heavy atom. The summed E-state index contributed by atoms with van der Waals surface area (Å²) in [7, 11) is 0. The van der Waals surface area contributed by atoms with E-state index < -0.39 is 5.82 Å². The lowest BCUT2D eigenvalue weighted by Crippen LogP contribution is -2.37. The van der Waals surface area contributed by atoms with Gasteiger partial charge in [0, 0.05) is 13.1 Å². The van der Waals surface area contributed by atoms with Crippen LogP contribution in [0.2, 0.25) is 0 Å². The maximum Gasteiger partial charge on any atom is 0.245 e. The van der Waals surface area contributed by atoms with Crippen molar-refractivity contribution in [1.82, 2.24) is 9.97 Å². The van der Waals surface area contributed by atoms with E-state index in [1.165, 1.54) is 0 Å². The number of hydrogen-bond donors (Lipinski definition) is 1. The summed E-state index contributed by atoms with van der Waals surface area (Å²) in [5, 5.41) is 4.09. The Morgan fingerprint density at radius 1 is 1.20 bits per heavy atom. The number of aromatic nitrogens is 2. The van der Waals surface area contributed by atoms with Crippen molar-refractivity contribution in [2.75, 3.05) is 43.4 Å². The highest BCUT2D eigenvalue weighted by molar-refractivity contribution is 5.81. The van der Waals surface area contributed by atoms with Crippen LogP contribution in [0.25, 0.3) is 0 Å². The molecule has 8 nitrogen and oxygen atoms in total. The van der Waals surface area contributed by atoms with Gasteiger partial charge in [0.05, 0.1) is 25.6 Å². The van der Waals surface area contributed by atoms with Gasteiger partial charge in [-0.3, -0.25) is 0 Å². The third-order valence-electron chi connectivity index (χ3n) is 3.81. The molecule has 0 spiro atoms. The third kappa shape index (κ3) is 3.45. The first kappa shape index (κ1) is 15.6. The van der Waals surface area contributed by atoms with Crippen molar-refractivity contribution in [3.8, 4) is 11.5 Å². The number of anilines is 2. The first-order valence-electron chi connectivity index (χ1n) is 7.83. The standard InChI is InChI=1S/C16H16FN5O3/c17-12-9-18-16(20-15(12)22-3-5-23-6-4-22)21-19-8-11-1-2-13-14(7-11)25-10-24-13/h1-2,7-9H,3-6,10H2,(H,18,20,21)/b19-8-. The second kappa shape index (κ2) is 6.89. The first-order valence-corrected chi connectivity index (χ1v) is 7.83. The highest BCUT2D eigenvalue weighted by atomic mass is 19.1. The average Bonchev–Trinajstić information content (AvgIpc) is 3.12. The molecule has 2 aliphatic rings. The van der Waals surface area contributed by atoms with Gasteiger partial charge in [0.1, 0.15) is 0 Å². The highest BCUT2D eigenvalue weighted by Gasteiger charge is 2.17. The van der Waals surface area contributed by atoms with E-state index in [4.69, 9.17) is 14.2 Å². The minimum absolute atomic E-state index is 0.222. The van der Waals surface area contributed by atoms with Crippen LogP contribution in [0.4, 0.5) is 16.2 Å². The van der Waals surface area contributed by atoms with E-state index in [0.717, 1.165) is 11.8 Å². The second-order valence-corrected chi connectivity index (χ2v) is 5.45. The van der Waals surface area contributed by atoms with Gasteiger partial charge in [-0.15, -0.1) is 0 Å². The minimum atomic E-state index is -0.466. The number of morpholine rings is 1. The maximum atomic E-state index is 14.0. The van der Waals surface area contributed by atoms with Gasteiger partial charge in [0.2, 0.25) is 12.7 Å². The summed E-state index contributed by atoms with van der Waals surface area (Å²) in [4.78, 5) is 9.94. The summed E-state index contributed by atoms with van der Waals surface area (Å²) in [5.74, 6) is 1.39. The molecule has 1 saturated heterocycles. The number of hydrogen-bond acceptors (Lipinski definition) is 8. The van der Waals surface area contributed by atoms with Crippen molar-refractivity contribution >= 4 is 18.0 Å². The Morgan fingerprint density at radius 2 is 2.04 bits per heavy atom. The summed E-state index contributed by atoms with van der Waals surface area (Å²) in [6.45, 7) is 2.51. The number of rotatable bonds is 4. The summed E-state index contributed by atoms with van der Waals surface area (Å²) in [5.41, 5.74) is 3.54. The predicted octanol–water partition coefficient (Wildman–Crippen LogP) is 1.63. The Balaban J connectivity index is 1.45. The van der Waals surface area contributed by atoms with Crippen LogP contribution in [0.3, 0.4) is 0 Å². The molecule has 2 aliphatic heterocycles. The molecular formula is C16H16FN5O3. The number of nitrogens with zero attached hydrogens (tertiary/aromatic N) is 4. The van der Waals surface area contributed by atoms with Crippen LogP contribution in [-0.4, -0.2) is 49.3 Å². The Bertz CT molecular complexity index is 795. The number of fused-ring (bicyclic) bond motifs is 1. The average molecular weight is 345 g/mol. The van der Waals surface area contributed by atoms with Crippen LogP contribution in [0, 0.1) is 5.82 Å². The number of nitrogens with one attached hydrogen (secondary N) is 1. The van der Waals surface area contributed by atoms with E-state index in [9.17, 15) is 4.39 Å². The molecule has 0 amide bonds. The van der Waals surface area contributed by atoms with Gasteiger partial charge in [-0.05, 0) is 23.8 Å². The fraction of sp³-hybridized carbons (Fsp3) is 0.312. The van der Waals surface area contributed by atoms with Gasteiger partial charge < -0.3 is 19.1 Å². The zero-order valence-corrected chi connectivity index (χ0v) is 13.3. The van der Waals surface area contributed by atoms with Crippen LogP contribution < -0.4 is 19.8 Å². The van der Waals surface area contributed by atoms with Crippen LogP contribution in [0.1, 0.15) is 5.56 Å². The second-order valence-electron chi connectivity index (χ2n) is 5.45. The number of hydrazone groups is 1. The molecule has 1 N–H and O–H groups in total. The van der Waals surface area contributed by atoms with Gasteiger partial charge in [0.15, 0.2) is 23.1 Å². The molecule has 0 unspecified atom stereocenters. The summed E-state index contributed by atoms with van der Waals surface area (Å²) < 4.78 is 29.8. The molecule has 0 radical (unpaired) electrons. The lowest BCUT2D eigenvalue weighted by Gasteiger charge is -2.27. The van der Waals surface area contributed by atoms with Gasteiger partial charge in [-0.25, -0.2) is 14.8 Å². The molecule has 25 heavy (non-hydrogen) atoms. The monoisotopic (exact) mass is 345 g/mol. The third-order valence-corrected chi connectivity index (χ3v) is 3.81. The van der Waals surface area contributed by atoms with Crippen molar-refractivity contribution in [2.45, 2.75) is 0 Å². The summed E-state index contributed by atoms with van der Waals surface area (Å²) >= 11 is 0. The molecule has 0 aliphatic carbocycles. The van der Waals surface area contributed by atoms with E-state index in [1.807, 2.05) is 23.1 Å². The fourth-order valence-electron chi connectivity index (χ4n) is 2.57. The Kier molecular flexibility index (Phi) is 4.30.